The summed E-state index contributed by atoms with van der Waals surface area (Å²) in [6.45, 7) is 4.67. The Kier molecular flexibility index (Phi) is 6.59. The van der Waals surface area contributed by atoms with Crippen molar-refractivity contribution in [1.82, 2.24) is 10.2 Å². The zero-order valence-corrected chi connectivity index (χ0v) is 13.4. The number of rotatable bonds is 7. The van der Waals surface area contributed by atoms with Gasteiger partial charge in [-0.1, -0.05) is 23.2 Å². The van der Waals surface area contributed by atoms with Gasteiger partial charge in [0.1, 0.15) is 0 Å². The van der Waals surface area contributed by atoms with Gasteiger partial charge in [0.05, 0.1) is 6.61 Å². The molecule has 1 aliphatic rings. The highest BCUT2D eigenvalue weighted by Gasteiger charge is 2.18. The van der Waals surface area contributed by atoms with E-state index in [0.29, 0.717) is 16.1 Å². The average Bonchev–Trinajstić information content (AvgIpc) is 2.87. The molecule has 0 amide bonds. The second kappa shape index (κ2) is 8.20. The predicted octanol–water partition coefficient (Wildman–Crippen LogP) is 3.19. The van der Waals surface area contributed by atoms with E-state index >= 15 is 0 Å². The third-order valence-corrected chi connectivity index (χ3v) is 4.02. The average molecular weight is 317 g/mol. The summed E-state index contributed by atoms with van der Waals surface area (Å²) < 4.78 is 5.21. The van der Waals surface area contributed by atoms with Gasteiger partial charge in [0.15, 0.2) is 0 Å². The third kappa shape index (κ3) is 5.23. The quantitative estimate of drug-likeness (QED) is 0.836. The number of nitrogens with zero attached hydrogens (tertiary/aromatic N) is 1. The Bertz CT molecular complexity index is 402. The minimum atomic E-state index is 0.585. The van der Waals surface area contributed by atoms with Crippen molar-refractivity contribution in [2.24, 2.45) is 0 Å². The van der Waals surface area contributed by atoms with Gasteiger partial charge in [-0.25, -0.2) is 0 Å². The Balaban J connectivity index is 1.97. The molecule has 1 heterocycles. The fourth-order valence-corrected chi connectivity index (χ4v) is 3.21. The van der Waals surface area contributed by atoms with Gasteiger partial charge >= 0.3 is 0 Å². The van der Waals surface area contributed by atoms with Crippen molar-refractivity contribution < 1.29 is 4.74 Å². The summed E-state index contributed by atoms with van der Waals surface area (Å²) in [5.74, 6) is 0. The first-order chi connectivity index (χ1) is 9.67. The van der Waals surface area contributed by atoms with E-state index in [0.717, 1.165) is 38.3 Å². The van der Waals surface area contributed by atoms with E-state index in [2.05, 4.69) is 10.2 Å². The number of benzene rings is 1. The normalized spacial score (nSPS) is 18.9. The molecule has 112 valence electrons. The molecule has 1 unspecified atom stereocenters. The summed E-state index contributed by atoms with van der Waals surface area (Å²) in [4.78, 5) is 2.40. The van der Waals surface area contributed by atoms with Crippen molar-refractivity contribution in [2.45, 2.75) is 25.4 Å². The lowest BCUT2D eigenvalue weighted by molar-refractivity contribution is 0.138. The first kappa shape index (κ1) is 16.1. The van der Waals surface area contributed by atoms with Crippen molar-refractivity contribution in [3.8, 4) is 0 Å². The molecule has 1 saturated heterocycles. The predicted molar refractivity (Wildman–Crippen MR) is 84.6 cm³/mol. The fraction of sp³-hybridized carbons (Fsp3) is 0.600. The van der Waals surface area contributed by atoms with Crippen LogP contribution in [-0.4, -0.2) is 44.3 Å². The van der Waals surface area contributed by atoms with Gasteiger partial charge in [0.25, 0.3) is 0 Å². The molecule has 1 atom stereocenters. The van der Waals surface area contributed by atoms with Crippen LogP contribution in [0.25, 0.3) is 0 Å². The topological polar surface area (TPSA) is 24.5 Å². The molecule has 0 saturated carbocycles. The number of ether oxygens (including phenoxy) is 1. The molecule has 1 N–H and O–H groups in total. The molecule has 1 aromatic rings. The lowest BCUT2D eigenvalue weighted by Crippen LogP contribution is -2.38. The summed E-state index contributed by atoms with van der Waals surface area (Å²) in [5, 5.41) is 4.92. The minimum Gasteiger partial charge on any atom is -0.383 e. The molecule has 0 spiro atoms. The van der Waals surface area contributed by atoms with E-state index in [-0.39, 0.29) is 0 Å². The molecule has 5 heteroatoms. The van der Waals surface area contributed by atoms with E-state index in [1.165, 1.54) is 12.8 Å². The molecule has 1 fully saturated rings. The van der Waals surface area contributed by atoms with Crippen molar-refractivity contribution in [3.05, 3.63) is 33.8 Å². The fourth-order valence-electron chi connectivity index (χ4n) is 2.64. The standard InChI is InChI=1S/C15H22Cl2N2O/c1-20-6-5-19(11-15-3-2-4-18-15)10-12-7-13(16)9-14(17)8-12/h7-9,15,18H,2-6,10-11H2,1H3. The van der Waals surface area contributed by atoms with E-state index in [1.807, 2.05) is 12.1 Å². The lowest BCUT2D eigenvalue weighted by atomic mass is 10.1. The van der Waals surface area contributed by atoms with Crippen LogP contribution in [-0.2, 0) is 11.3 Å². The number of nitrogens with one attached hydrogen (secondary N) is 1. The van der Waals surface area contributed by atoms with Gasteiger partial charge in [0, 0.05) is 42.8 Å². The number of halogens is 2. The van der Waals surface area contributed by atoms with Crippen LogP contribution < -0.4 is 5.32 Å². The van der Waals surface area contributed by atoms with Crippen LogP contribution >= 0.6 is 23.2 Å². The zero-order valence-electron chi connectivity index (χ0n) is 11.9. The van der Waals surface area contributed by atoms with E-state index < -0.39 is 0 Å². The van der Waals surface area contributed by atoms with Crippen LogP contribution in [0.4, 0.5) is 0 Å². The second-order valence-corrected chi connectivity index (χ2v) is 6.17. The monoisotopic (exact) mass is 316 g/mol. The molecular weight excluding hydrogens is 295 g/mol. The van der Waals surface area contributed by atoms with Gasteiger partial charge in [-0.2, -0.15) is 0 Å². The molecule has 0 radical (unpaired) electrons. The Morgan fingerprint density at radius 1 is 1.30 bits per heavy atom. The summed E-state index contributed by atoms with van der Waals surface area (Å²) in [5.41, 5.74) is 1.15. The maximum absolute atomic E-state index is 6.07. The maximum atomic E-state index is 6.07. The summed E-state index contributed by atoms with van der Waals surface area (Å²) in [6, 6.07) is 6.32. The number of methoxy groups -OCH3 is 1. The van der Waals surface area contributed by atoms with Gasteiger partial charge in [0.2, 0.25) is 0 Å². The molecule has 1 aliphatic heterocycles. The van der Waals surface area contributed by atoms with E-state index in [1.54, 1.807) is 13.2 Å². The maximum Gasteiger partial charge on any atom is 0.0589 e. The Labute approximate surface area is 131 Å². The van der Waals surface area contributed by atoms with Crippen molar-refractivity contribution >= 4 is 23.2 Å². The summed E-state index contributed by atoms with van der Waals surface area (Å²) >= 11 is 12.1. The molecule has 1 aromatic carbocycles. The zero-order chi connectivity index (χ0) is 14.4. The highest BCUT2D eigenvalue weighted by molar-refractivity contribution is 6.34. The first-order valence-corrected chi connectivity index (χ1v) is 7.82. The van der Waals surface area contributed by atoms with Crippen LogP contribution in [0.5, 0.6) is 0 Å². The number of hydrogen-bond donors (Lipinski definition) is 1. The van der Waals surface area contributed by atoms with Crippen LogP contribution in [0.2, 0.25) is 10.0 Å². The van der Waals surface area contributed by atoms with Crippen molar-refractivity contribution in [3.63, 3.8) is 0 Å². The SMILES string of the molecule is COCCN(Cc1cc(Cl)cc(Cl)c1)CC1CCCN1. The van der Waals surface area contributed by atoms with Gasteiger partial charge in [-0.05, 0) is 43.1 Å². The third-order valence-electron chi connectivity index (χ3n) is 3.58. The van der Waals surface area contributed by atoms with Crippen LogP contribution in [0.1, 0.15) is 18.4 Å². The van der Waals surface area contributed by atoms with Crippen molar-refractivity contribution in [1.29, 1.82) is 0 Å². The lowest BCUT2D eigenvalue weighted by Gasteiger charge is -2.25. The first-order valence-electron chi connectivity index (χ1n) is 7.07. The van der Waals surface area contributed by atoms with Gasteiger partial charge < -0.3 is 10.1 Å². The van der Waals surface area contributed by atoms with Crippen molar-refractivity contribution in [2.75, 3.05) is 33.4 Å². The molecule has 20 heavy (non-hydrogen) atoms. The van der Waals surface area contributed by atoms with Crippen LogP contribution in [0.15, 0.2) is 18.2 Å². The Morgan fingerprint density at radius 3 is 2.65 bits per heavy atom. The van der Waals surface area contributed by atoms with E-state index in [9.17, 15) is 0 Å². The summed E-state index contributed by atoms with van der Waals surface area (Å²) in [7, 11) is 1.74. The van der Waals surface area contributed by atoms with Crippen LogP contribution in [0.3, 0.4) is 0 Å². The summed E-state index contributed by atoms with van der Waals surface area (Å²) in [6.07, 6.45) is 2.52. The Morgan fingerprint density at radius 2 is 2.05 bits per heavy atom. The highest BCUT2D eigenvalue weighted by Crippen LogP contribution is 2.20. The minimum absolute atomic E-state index is 0.585. The largest absolute Gasteiger partial charge is 0.383 e. The second-order valence-electron chi connectivity index (χ2n) is 5.30. The molecule has 0 bridgehead atoms. The number of hydrogen-bond acceptors (Lipinski definition) is 3. The Hall–Kier alpha value is -0.320. The van der Waals surface area contributed by atoms with Gasteiger partial charge in [-0.3, -0.25) is 4.90 Å². The molecular formula is C15H22Cl2N2O. The molecule has 0 aromatic heterocycles. The highest BCUT2D eigenvalue weighted by atomic mass is 35.5. The molecule has 0 aliphatic carbocycles. The van der Waals surface area contributed by atoms with Crippen LogP contribution in [0, 0.1) is 0 Å². The molecule has 3 nitrogen and oxygen atoms in total. The van der Waals surface area contributed by atoms with E-state index in [4.69, 9.17) is 27.9 Å². The smallest absolute Gasteiger partial charge is 0.0589 e. The molecule has 2 rings (SSSR count). The van der Waals surface area contributed by atoms with Gasteiger partial charge in [-0.15, -0.1) is 0 Å².